The van der Waals surface area contributed by atoms with Crippen LogP contribution in [-0.2, 0) is 9.53 Å². The van der Waals surface area contributed by atoms with Gasteiger partial charge >= 0.3 is 12.0 Å². The zero-order valence-corrected chi connectivity index (χ0v) is 11.7. The third-order valence-electron chi connectivity index (χ3n) is 3.43. The number of hydrogen-bond donors (Lipinski definition) is 2. The Morgan fingerprint density at radius 3 is 2.95 bits per heavy atom. The summed E-state index contributed by atoms with van der Waals surface area (Å²) in [6.07, 6.45) is 3.23. The van der Waals surface area contributed by atoms with Crippen LogP contribution >= 0.6 is 11.8 Å². The molecule has 0 aromatic carbocycles. The van der Waals surface area contributed by atoms with Crippen LogP contribution in [-0.4, -0.2) is 65.4 Å². The van der Waals surface area contributed by atoms with E-state index in [-0.39, 0.29) is 12.1 Å². The summed E-state index contributed by atoms with van der Waals surface area (Å²) in [6, 6.07) is -1.01. The molecule has 2 rings (SSSR count). The molecule has 2 unspecified atom stereocenters. The predicted molar refractivity (Wildman–Crippen MR) is 72.4 cm³/mol. The van der Waals surface area contributed by atoms with Gasteiger partial charge < -0.3 is 20.1 Å². The summed E-state index contributed by atoms with van der Waals surface area (Å²) >= 11 is 1.57. The lowest BCUT2D eigenvalue weighted by Gasteiger charge is -2.33. The van der Waals surface area contributed by atoms with Gasteiger partial charge in [0.15, 0.2) is 0 Å². The first-order valence-electron chi connectivity index (χ1n) is 6.65. The van der Waals surface area contributed by atoms with Crippen molar-refractivity contribution in [2.45, 2.75) is 31.4 Å². The van der Waals surface area contributed by atoms with Crippen LogP contribution in [0.2, 0.25) is 0 Å². The fourth-order valence-corrected chi connectivity index (χ4v) is 3.36. The molecule has 2 aliphatic heterocycles. The van der Waals surface area contributed by atoms with Crippen LogP contribution in [0.5, 0.6) is 0 Å². The van der Waals surface area contributed by atoms with Crippen molar-refractivity contribution in [2.75, 3.05) is 31.2 Å². The second kappa shape index (κ2) is 7.00. The number of thioether (sulfide) groups is 1. The predicted octanol–water partition coefficient (Wildman–Crippen LogP) is 0.767. The monoisotopic (exact) mass is 288 g/mol. The number of ether oxygens (including phenoxy) is 1. The topological polar surface area (TPSA) is 78.9 Å². The fourth-order valence-electron chi connectivity index (χ4n) is 2.32. The molecule has 2 fully saturated rings. The van der Waals surface area contributed by atoms with Crippen molar-refractivity contribution in [1.29, 1.82) is 0 Å². The highest BCUT2D eigenvalue weighted by atomic mass is 32.2. The van der Waals surface area contributed by atoms with E-state index < -0.39 is 12.0 Å². The maximum absolute atomic E-state index is 12.0. The van der Waals surface area contributed by atoms with Crippen LogP contribution in [0.15, 0.2) is 0 Å². The van der Waals surface area contributed by atoms with Gasteiger partial charge in [0.1, 0.15) is 6.04 Å². The molecule has 19 heavy (non-hydrogen) atoms. The molecule has 2 amide bonds. The third kappa shape index (κ3) is 4.01. The van der Waals surface area contributed by atoms with Gasteiger partial charge in [-0.25, -0.2) is 9.59 Å². The third-order valence-corrected chi connectivity index (χ3v) is 4.45. The fraction of sp³-hybridized carbons (Fsp3) is 0.833. The molecular formula is C12H20N2O4S. The van der Waals surface area contributed by atoms with Crippen LogP contribution in [0, 0.1) is 0 Å². The van der Waals surface area contributed by atoms with E-state index >= 15 is 0 Å². The first-order chi connectivity index (χ1) is 9.18. The highest BCUT2D eigenvalue weighted by Gasteiger charge is 2.32. The molecule has 2 saturated heterocycles. The lowest BCUT2D eigenvalue weighted by Crippen LogP contribution is -2.54. The molecule has 6 nitrogen and oxygen atoms in total. The molecule has 0 saturated carbocycles. The number of carbonyl (C=O) groups excluding carboxylic acids is 1. The highest BCUT2D eigenvalue weighted by molar-refractivity contribution is 7.99. The molecule has 0 radical (unpaired) electrons. The van der Waals surface area contributed by atoms with Crippen molar-refractivity contribution in [1.82, 2.24) is 10.2 Å². The van der Waals surface area contributed by atoms with Crippen molar-refractivity contribution in [2.24, 2.45) is 0 Å². The largest absolute Gasteiger partial charge is 0.480 e. The van der Waals surface area contributed by atoms with Crippen molar-refractivity contribution in [3.63, 3.8) is 0 Å². The molecule has 2 N–H and O–H groups in total. The molecule has 0 aromatic rings. The number of nitrogens with one attached hydrogen (secondary N) is 1. The Bertz CT molecular complexity index is 334. The lowest BCUT2D eigenvalue weighted by atomic mass is 10.1. The maximum Gasteiger partial charge on any atom is 0.327 e. The quantitative estimate of drug-likeness (QED) is 0.802. The van der Waals surface area contributed by atoms with Gasteiger partial charge in [0, 0.05) is 31.2 Å². The molecule has 2 heterocycles. The van der Waals surface area contributed by atoms with Gasteiger partial charge in [-0.15, -0.1) is 0 Å². The van der Waals surface area contributed by atoms with Crippen LogP contribution < -0.4 is 5.32 Å². The number of urea groups is 1. The average molecular weight is 288 g/mol. The Hall–Kier alpha value is -0.950. The van der Waals surface area contributed by atoms with E-state index in [4.69, 9.17) is 9.84 Å². The Morgan fingerprint density at radius 2 is 2.26 bits per heavy atom. The van der Waals surface area contributed by atoms with Crippen molar-refractivity contribution >= 4 is 23.8 Å². The zero-order valence-electron chi connectivity index (χ0n) is 10.8. The van der Waals surface area contributed by atoms with E-state index in [1.54, 1.807) is 11.8 Å². The number of carboxylic acids is 1. The number of nitrogens with zero attached hydrogens (tertiary/aromatic N) is 1. The summed E-state index contributed by atoms with van der Waals surface area (Å²) < 4.78 is 5.54. The van der Waals surface area contributed by atoms with Gasteiger partial charge in [-0.05, 0) is 19.3 Å². The summed E-state index contributed by atoms with van der Waals surface area (Å²) in [4.78, 5) is 24.6. The summed E-state index contributed by atoms with van der Waals surface area (Å²) in [5, 5.41) is 11.9. The molecule has 7 heteroatoms. The number of amides is 2. The summed E-state index contributed by atoms with van der Waals surface area (Å²) in [6.45, 7) is 1.70. The van der Waals surface area contributed by atoms with E-state index in [1.807, 2.05) is 0 Å². The number of hydrogen-bond acceptors (Lipinski definition) is 4. The maximum atomic E-state index is 12.0. The van der Waals surface area contributed by atoms with E-state index in [2.05, 4.69) is 5.32 Å². The summed E-state index contributed by atoms with van der Waals surface area (Å²) in [7, 11) is 0. The molecular weight excluding hydrogens is 268 g/mol. The number of carbonyl (C=O) groups is 2. The minimum atomic E-state index is -0.934. The van der Waals surface area contributed by atoms with Crippen LogP contribution in [0.25, 0.3) is 0 Å². The standard InChI is InChI=1S/C12H20N2O4S/c15-11(16)10-8-19-6-4-14(10)12(17)13-7-9-3-1-2-5-18-9/h9-10H,1-8H2,(H,13,17)(H,15,16). The van der Waals surface area contributed by atoms with Crippen molar-refractivity contribution < 1.29 is 19.4 Å². The van der Waals surface area contributed by atoms with Crippen molar-refractivity contribution in [3.8, 4) is 0 Å². The Balaban J connectivity index is 1.81. The van der Waals surface area contributed by atoms with Crippen LogP contribution in [0.3, 0.4) is 0 Å². The van der Waals surface area contributed by atoms with Crippen LogP contribution in [0.4, 0.5) is 4.79 Å². The Morgan fingerprint density at radius 1 is 1.42 bits per heavy atom. The van der Waals surface area contributed by atoms with Gasteiger partial charge in [-0.3, -0.25) is 0 Å². The highest BCUT2D eigenvalue weighted by Crippen LogP contribution is 2.17. The smallest absolute Gasteiger partial charge is 0.327 e. The summed E-state index contributed by atoms with van der Waals surface area (Å²) in [5.74, 6) is 0.316. The van der Waals surface area contributed by atoms with E-state index in [0.29, 0.717) is 18.8 Å². The first-order valence-corrected chi connectivity index (χ1v) is 7.80. The minimum Gasteiger partial charge on any atom is -0.480 e. The molecule has 2 atom stereocenters. The molecule has 0 spiro atoms. The minimum absolute atomic E-state index is 0.0696. The lowest BCUT2D eigenvalue weighted by molar-refractivity contribution is -0.141. The van der Waals surface area contributed by atoms with E-state index in [1.165, 1.54) is 4.90 Å². The van der Waals surface area contributed by atoms with Crippen molar-refractivity contribution in [3.05, 3.63) is 0 Å². The molecule has 0 aliphatic carbocycles. The molecule has 108 valence electrons. The second-order valence-corrected chi connectivity index (χ2v) is 5.95. The number of rotatable bonds is 3. The number of aliphatic carboxylic acids is 1. The van der Waals surface area contributed by atoms with E-state index in [0.717, 1.165) is 31.6 Å². The SMILES string of the molecule is O=C(O)C1CSCCN1C(=O)NCC1CCCCO1. The number of carboxylic acid groups (broad SMARTS) is 1. The Labute approximate surface area is 116 Å². The molecule has 2 aliphatic rings. The van der Waals surface area contributed by atoms with Gasteiger partial charge in [0.25, 0.3) is 0 Å². The zero-order chi connectivity index (χ0) is 13.7. The van der Waals surface area contributed by atoms with Gasteiger partial charge in [0.05, 0.1) is 6.10 Å². The average Bonchev–Trinajstić information content (AvgIpc) is 2.46. The first kappa shape index (κ1) is 14.5. The van der Waals surface area contributed by atoms with Crippen LogP contribution in [0.1, 0.15) is 19.3 Å². The molecule has 0 aromatic heterocycles. The molecule has 0 bridgehead atoms. The normalized spacial score (nSPS) is 27.9. The van der Waals surface area contributed by atoms with Gasteiger partial charge in [0.2, 0.25) is 0 Å². The summed E-state index contributed by atoms with van der Waals surface area (Å²) in [5.41, 5.74) is 0. The van der Waals surface area contributed by atoms with Gasteiger partial charge in [-0.1, -0.05) is 0 Å². The Kier molecular flexibility index (Phi) is 5.33. The van der Waals surface area contributed by atoms with Gasteiger partial charge in [-0.2, -0.15) is 11.8 Å². The van der Waals surface area contributed by atoms with E-state index in [9.17, 15) is 9.59 Å². The second-order valence-electron chi connectivity index (χ2n) is 4.80.